The van der Waals surface area contributed by atoms with Gasteiger partial charge in [0.2, 0.25) is 5.91 Å². The Labute approximate surface area is 183 Å². The standard InChI is InChI=1S/C23H21N3O4S/c1-15(21(28)25-23-24-19(14-31-23)16-7-3-2-4-8-16)30-22(29)17-9-5-10-18(13-17)26-12-6-11-20(26)27/h2-5,7-10,13-15H,6,11-12H2,1H3,(H,24,25,28). The maximum absolute atomic E-state index is 12.5. The number of rotatable bonds is 6. The summed E-state index contributed by atoms with van der Waals surface area (Å²) in [6.45, 7) is 2.14. The van der Waals surface area contributed by atoms with E-state index in [0.717, 1.165) is 17.7 Å². The maximum Gasteiger partial charge on any atom is 0.338 e. The summed E-state index contributed by atoms with van der Waals surface area (Å²) in [5, 5.41) is 4.97. The zero-order valence-corrected chi connectivity index (χ0v) is 17.7. The van der Waals surface area contributed by atoms with Gasteiger partial charge in [0.05, 0.1) is 11.3 Å². The van der Waals surface area contributed by atoms with Gasteiger partial charge in [-0.2, -0.15) is 0 Å². The smallest absolute Gasteiger partial charge is 0.338 e. The largest absolute Gasteiger partial charge is 0.449 e. The van der Waals surface area contributed by atoms with E-state index < -0.39 is 18.0 Å². The molecule has 1 fully saturated rings. The minimum atomic E-state index is -1.01. The molecule has 0 bridgehead atoms. The Morgan fingerprint density at radius 1 is 1.16 bits per heavy atom. The number of carbonyl (C=O) groups excluding carboxylic acids is 3. The molecular weight excluding hydrogens is 414 g/mol. The molecule has 1 saturated heterocycles. The van der Waals surface area contributed by atoms with Gasteiger partial charge in [-0.05, 0) is 31.5 Å². The summed E-state index contributed by atoms with van der Waals surface area (Å²) < 4.78 is 5.33. The zero-order valence-electron chi connectivity index (χ0n) is 16.9. The van der Waals surface area contributed by atoms with E-state index in [1.165, 1.54) is 18.3 Å². The van der Waals surface area contributed by atoms with Crippen LogP contribution < -0.4 is 10.2 Å². The van der Waals surface area contributed by atoms with Crippen molar-refractivity contribution in [3.63, 3.8) is 0 Å². The average molecular weight is 436 g/mol. The number of nitrogens with one attached hydrogen (secondary N) is 1. The molecule has 31 heavy (non-hydrogen) atoms. The summed E-state index contributed by atoms with van der Waals surface area (Å²) in [4.78, 5) is 43.0. The van der Waals surface area contributed by atoms with Gasteiger partial charge >= 0.3 is 5.97 Å². The fourth-order valence-electron chi connectivity index (χ4n) is 3.28. The van der Waals surface area contributed by atoms with E-state index in [0.29, 0.717) is 23.8 Å². The molecule has 2 aromatic carbocycles. The van der Waals surface area contributed by atoms with Crippen LogP contribution in [0.4, 0.5) is 10.8 Å². The molecule has 2 amide bonds. The molecule has 8 heteroatoms. The van der Waals surface area contributed by atoms with Crippen LogP contribution in [0.2, 0.25) is 0 Å². The molecule has 0 saturated carbocycles. The van der Waals surface area contributed by atoms with Crippen LogP contribution in [0.15, 0.2) is 60.0 Å². The van der Waals surface area contributed by atoms with Crippen molar-refractivity contribution < 1.29 is 19.1 Å². The van der Waals surface area contributed by atoms with E-state index in [-0.39, 0.29) is 11.5 Å². The molecule has 0 aliphatic carbocycles. The molecule has 3 aromatic rings. The summed E-state index contributed by atoms with van der Waals surface area (Å²) in [5.41, 5.74) is 2.66. The van der Waals surface area contributed by atoms with Crippen molar-refractivity contribution in [3.05, 3.63) is 65.5 Å². The quantitative estimate of drug-likeness (QED) is 0.589. The Balaban J connectivity index is 1.37. The highest BCUT2D eigenvalue weighted by Crippen LogP contribution is 2.25. The predicted octanol–water partition coefficient (Wildman–Crippen LogP) is 4.12. The van der Waals surface area contributed by atoms with Gasteiger partial charge in [0.1, 0.15) is 0 Å². The molecular formula is C23H21N3O4S. The van der Waals surface area contributed by atoms with Gasteiger partial charge in [-0.1, -0.05) is 36.4 Å². The van der Waals surface area contributed by atoms with Gasteiger partial charge < -0.3 is 9.64 Å². The Hall–Kier alpha value is -3.52. The third-order valence-corrected chi connectivity index (χ3v) is 5.68. The Bertz CT molecular complexity index is 1110. The van der Waals surface area contributed by atoms with E-state index >= 15 is 0 Å². The second-order valence-electron chi connectivity index (χ2n) is 7.14. The summed E-state index contributed by atoms with van der Waals surface area (Å²) in [6, 6.07) is 16.3. The van der Waals surface area contributed by atoms with Crippen LogP contribution in [0.1, 0.15) is 30.1 Å². The van der Waals surface area contributed by atoms with Gasteiger partial charge in [0.15, 0.2) is 11.2 Å². The van der Waals surface area contributed by atoms with E-state index in [4.69, 9.17) is 4.74 Å². The van der Waals surface area contributed by atoms with Crippen LogP contribution in [-0.4, -0.2) is 35.4 Å². The Kier molecular flexibility index (Phi) is 6.08. The number of ether oxygens (including phenoxy) is 1. The van der Waals surface area contributed by atoms with Gasteiger partial charge in [0, 0.05) is 29.6 Å². The number of nitrogens with zero attached hydrogens (tertiary/aromatic N) is 2. The molecule has 158 valence electrons. The number of hydrogen-bond acceptors (Lipinski definition) is 6. The van der Waals surface area contributed by atoms with Crippen molar-refractivity contribution in [3.8, 4) is 11.3 Å². The highest BCUT2D eigenvalue weighted by Gasteiger charge is 2.24. The van der Waals surface area contributed by atoms with Crippen LogP contribution in [0.3, 0.4) is 0 Å². The number of carbonyl (C=O) groups is 3. The molecule has 0 spiro atoms. The molecule has 1 aliphatic rings. The minimum absolute atomic E-state index is 0.0385. The summed E-state index contributed by atoms with van der Waals surface area (Å²) in [7, 11) is 0. The topological polar surface area (TPSA) is 88.6 Å². The molecule has 0 radical (unpaired) electrons. The predicted molar refractivity (Wildman–Crippen MR) is 119 cm³/mol. The van der Waals surface area contributed by atoms with E-state index in [9.17, 15) is 14.4 Å². The van der Waals surface area contributed by atoms with Gasteiger partial charge in [-0.25, -0.2) is 9.78 Å². The molecule has 7 nitrogen and oxygen atoms in total. The second-order valence-corrected chi connectivity index (χ2v) is 8.00. The van der Waals surface area contributed by atoms with Gasteiger partial charge in [0.25, 0.3) is 5.91 Å². The minimum Gasteiger partial charge on any atom is -0.449 e. The van der Waals surface area contributed by atoms with Crippen molar-refractivity contribution in [2.24, 2.45) is 0 Å². The normalized spacial score (nSPS) is 14.4. The Morgan fingerprint density at radius 2 is 1.97 bits per heavy atom. The lowest BCUT2D eigenvalue weighted by atomic mass is 10.2. The molecule has 1 unspecified atom stereocenters. The highest BCUT2D eigenvalue weighted by atomic mass is 32.1. The number of benzene rings is 2. The molecule has 1 aliphatic heterocycles. The highest BCUT2D eigenvalue weighted by molar-refractivity contribution is 7.14. The van der Waals surface area contributed by atoms with Crippen LogP contribution in [-0.2, 0) is 14.3 Å². The zero-order chi connectivity index (χ0) is 21.8. The van der Waals surface area contributed by atoms with Crippen molar-refractivity contribution in [1.82, 2.24) is 4.98 Å². The van der Waals surface area contributed by atoms with Crippen molar-refractivity contribution in [2.75, 3.05) is 16.8 Å². The first kappa shape index (κ1) is 20.7. The maximum atomic E-state index is 12.5. The number of thiazole rings is 1. The fourth-order valence-corrected chi connectivity index (χ4v) is 4.01. The molecule has 4 rings (SSSR count). The monoisotopic (exact) mass is 435 g/mol. The van der Waals surface area contributed by atoms with Crippen LogP contribution in [0, 0.1) is 0 Å². The lowest BCUT2D eigenvalue weighted by Crippen LogP contribution is -2.30. The van der Waals surface area contributed by atoms with Gasteiger partial charge in [-0.3, -0.25) is 14.9 Å². The average Bonchev–Trinajstić information content (AvgIpc) is 3.43. The first-order chi connectivity index (χ1) is 15.0. The molecule has 2 heterocycles. The first-order valence-electron chi connectivity index (χ1n) is 9.94. The van der Waals surface area contributed by atoms with E-state index in [2.05, 4.69) is 10.3 Å². The Morgan fingerprint density at radius 3 is 2.71 bits per heavy atom. The van der Waals surface area contributed by atoms with E-state index in [1.807, 2.05) is 35.7 Å². The van der Waals surface area contributed by atoms with Crippen LogP contribution in [0.5, 0.6) is 0 Å². The summed E-state index contributed by atoms with van der Waals surface area (Å²) in [5.74, 6) is -1.05. The molecule has 1 atom stereocenters. The third kappa shape index (κ3) is 4.80. The SMILES string of the molecule is CC(OC(=O)c1cccc(N2CCCC2=O)c1)C(=O)Nc1nc(-c2ccccc2)cs1. The van der Waals surface area contributed by atoms with Crippen molar-refractivity contribution >= 4 is 39.9 Å². The second kappa shape index (κ2) is 9.09. The molecule has 1 N–H and O–H groups in total. The van der Waals surface area contributed by atoms with Gasteiger partial charge in [-0.15, -0.1) is 11.3 Å². The van der Waals surface area contributed by atoms with Crippen LogP contribution in [0.25, 0.3) is 11.3 Å². The summed E-state index contributed by atoms with van der Waals surface area (Å²) >= 11 is 1.30. The van der Waals surface area contributed by atoms with E-state index in [1.54, 1.807) is 29.2 Å². The lowest BCUT2D eigenvalue weighted by molar-refractivity contribution is -0.123. The number of aromatic nitrogens is 1. The van der Waals surface area contributed by atoms with Crippen molar-refractivity contribution in [2.45, 2.75) is 25.9 Å². The third-order valence-electron chi connectivity index (χ3n) is 4.92. The fraction of sp³-hybridized carbons (Fsp3) is 0.217. The summed E-state index contributed by atoms with van der Waals surface area (Å²) in [6.07, 6.45) is 0.302. The lowest BCUT2D eigenvalue weighted by Gasteiger charge is -2.17. The van der Waals surface area contributed by atoms with Crippen LogP contribution >= 0.6 is 11.3 Å². The number of amides is 2. The first-order valence-corrected chi connectivity index (χ1v) is 10.8. The number of anilines is 2. The van der Waals surface area contributed by atoms with Crippen molar-refractivity contribution in [1.29, 1.82) is 0 Å². The molecule has 1 aromatic heterocycles. The number of hydrogen-bond donors (Lipinski definition) is 1. The number of esters is 1.